The highest BCUT2D eigenvalue weighted by Crippen LogP contribution is 2.30. The summed E-state index contributed by atoms with van der Waals surface area (Å²) in [5, 5.41) is 5.26. The largest absolute Gasteiger partial charge is 0.332 e. The summed E-state index contributed by atoms with van der Waals surface area (Å²) >= 11 is 6.27. The average molecular weight is 436 g/mol. The number of likely N-dealkylation sites (N-methyl/N-ethyl adjacent to an activating group) is 1. The van der Waals surface area contributed by atoms with Gasteiger partial charge in [-0.05, 0) is 36.1 Å². The van der Waals surface area contributed by atoms with Gasteiger partial charge in [0.1, 0.15) is 0 Å². The molecule has 1 heterocycles. The molecule has 3 aromatic carbocycles. The van der Waals surface area contributed by atoms with E-state index in [0.717, 1.165) is 17.2 Å². The maximum absolute atomic E-state index is 12.9. The maximum atomic E-state index is 12.9. The first-order chi connectivity index (χ1) is 14.9. The van der Waals surface area contributed by atoms with Crippen LogP contribution in [0.4, 0.5) is 11.4 Å². The fourth-order valence-electron chi connectivity index (χ4n) is 3.79. The Morgan fingerprint density at radius 2 is 1.87 bits per heavy atom. The molecule has 0 spiro atoms. The van der Waals surface area contributed by atoms with Crippen LogP contribution in [0.2, 0.25) is 5.02 Å². The molecule has 1 fully saturated rings. The van der Waals surface area contributed by atoms with Gasteiger partial charge >= 0.3 is 0 Å². The van der Waals surface area contributed by atoms with E-state index in [-0.39, 0.29) is 24.3 Å². The molecule has 1 aliphatic heterocycles. The van der Waals surface area contributed by atoms with Crippen LogP contribution in [0.1, 0.15) is 23.2 Å². The average Bonchev–Trinajstić information content (AvgIpc) is 3.19. The van der Waals surface area contributed by atoms with E-state index in [4.69, 9.17) is 11.6 Å². The van der Waals surface area contributed by atoms with Crippen molar-refractivity contribution in [2.24, 2.45) is 0 Å². The Kier molecular flexibility index (Phi) is 5.91. The number of benzene rings is 3. The molecule has 0 bridgehead atoms. The zero-order valence-electron chi connectivity index (χ0n) is 17.1. The molecule has 0 radical (unpaired) electrons. The van der Waals surface area contributed by atoms with Gasteiger partial charge < -0.3 is 15.1 Å². The van der Waals surface area contributed by atoms with Gasteiger partial charge in [-0.2, -0.15) is 0 Å². The summed E-state index contributed by atoms with van der Waals surface area (Å²) < 4.78 is 0. The van der Waals surface area contributed by atoms with Crippen LogP contribution in [-0.4, -0.2) is 42.8 Å². The number of rotatable bonds is 5. The summed E-state index contributed by atoms with van der Waals surface area (Å²) in [6.07, 6.45) is 1.24. The lowest BCUT2D eigenvalue weighted by Crippen LogP contribution is -2.35. The van der Waals surface area contributed by atoms with Crippen molar-refractivity contribution in [3.05, 3.63) is 71.2 Å². The Labute approximate surface area is 185 Å². The van der Waals surface area contributed by atoms with Crippen LogP contribution >= 0.6 is 11.6 Å². The first-order valence-electron chi connectivity index (χ1n) is 10.1. The molecule has 3 amide bonds. The first-order valence-corrected chi connectivity index (χ1v) is 10.4. The third-order valence-electron chi connectivity index (χ3n) is 5.35. The van der Waals surface area contributed by atoms with E-state index in [9.17, 15) is 14.4 Å². The molecule has 0 atom stereocenters. The lowest BCUT2D eigenvalue weighted by molar-refractivity contribution is -0.117. The molecule has 6 nitrogen and oxygen atoms in total. The smallest absolute Gasteiger partial charge is 0.254 e. The second-order valence-corrected chi connectivity index (χ2v) is 7.96. The molecule has 1 saturated heterocycles. The molecule has 3 aromatic rings. The van der Waals surface area contributed by atoms with E-state index < -0.39 is 0 Å². The summed E-state index contributed by atoms with van der Waals surface area (Å²) in [5.41, 5.74) is 1.61. The first kappa shape index (κ1) is 20.9. The number of carbonyl (C=O) groups is 3. The molecule has 4 rings (SSSR count). The van der Waals surface area contributed by atoms with E-state index in [1.54, 1.807) is 30.1 Å². The molecule has 7 heteroatoms. The second-order valence-electron chi connectivity index (χ2n) is 7.55. The van der Waals surface area contributed by atoms with Crippen molar-refractivity contribution in [3.8, 4) is 0 Å². The molecular formula is C24H22ClN3O3. The zero-order chi connectivity index (χ0) is 22.0. The van der Waals surface area contributed by atoms with Gasteiger partial charge in [0, 0.05) is 36.7 Å². The molecule has 0 aromatic heterocycles. The Morgan fingerprint density at radius 3 is 2.65 bits per heavy atom. The van der Waals surface area contributed by atoms with Crippen LogP contribution < -0.4 is 10.2 Å². The van der Waals surface area contributed by atoms with Crippen molar-refractivity contribution in [3.63, 3.8) is 0 Å². The van der Waals surface area contributed by atoms with E-state index in [1.165, 1.54) is 4.90 Å². The van der Waals surface area contributed by atoms with Crippen molar-refractivity contribution in [2.75, 3.05) is 30.4 Å². The van der Waals surface area contributed by atoms with Crippen LogP contribution in [0.3, 0.4) is 0 Å². The van der Waals surface area contributed by atoms with E-state index in [0.29, 0.717) is 34.9 Å². The Morgan fingerprint density at radius 1 is 1.10 bits per heavy atom. The fourth-order valence-corrected chi connectivity index (χ4v) is 4.01. The standard InChI is InChI=1S/C24H22ClN3O3/c1-27(15-22(29)26-20-9-4-7-16-6-2-3-8-18(16)20)24(31)17-11-12-19(25)21(14-17)28-13-5-10-23(28)30/h2-4,6-9,11-12,14H,5,10,13,15H2,1H3,(H,26,29). The van der Waals surface area contributed by atoms with Gasteiger partial charge in [-0.25, -0.2) is 0 Å². The third kappa shape index (κ3) is 4.39. The van der Waals surface area contributed by atoms with E-state index >= 15 is 0 Å². The maximum Gasteiger partial charge on any atom is 0.254 e. The van der Waals surface area contributed by atoms with E-state index in [2.05, 4.69) is 5.32 Å². The molecule has 31 heavy (non-hydrogen) atoms. The predicted octanol–water partition coefficient (Wildman–Crippen LogP) is 4.33. The third-order valence-corrected chi connectivity index (χ3v) is 5.67. The number of amides is 3. The second kappa shape index (κ2) is 8.78. The zero-order valence-corrected chi connectivity index (χ0v) is 17.9. The quantitative estimate of drug-likeness (QED) is 0.648. The van der Waals surface area contributed by atoms with Gasteiger partial charge in [0.2, 0.25) is 11.8 Å². The molecule has 158 valence electrons. The van der Waals surface area contributed by atoms with Gasteiger partial charge in [-0.3, -0.25) is 14.4 Å². The Bertz CT molecular complexity index is 1170. The Hall–Kier alpha value is -3.38. The molecule has 1 aliphatic rings. The number of hydrogen-bond acceptors (Lipinski definition) is 3. The number of carbonyl (C=O) groups excluding carboxylic acids is 3. The molecule has 0 saturated carbocycles. The van der Waals surface area contributed by atoms with Crippen molar-refractivity contribution in [2.45, 2.75) is 12.8 Å². The number of anilines is 2. The number of halogens is 1. The molecule has 1 N–H and O–H groups in total. The number of nitrogens with one attached hydrogen (secondary N) is 1. The molecule has 0 unspecified atom stereocenters. The van der Waals surface area contributed by atoms with Gasteiger partial charge in [0.25, 0.3) is 5.91 Å². The van der Waals surface area contributed by atoms with Crippen LogP contribution in [-0.2, 0) is 9.59 Å². The van der Waals surface area contributed by atoms with Crippen LogP contribution in [0.5, 0.6) is 0 Å². The highest BCUT2D eigenvalue weighted by Gasteiger charge is 2.25. The summed E-state index contributed by atoms with van der Waals surface area (Å²) in [6, 6.07) is 18.3. The SMILES string of the molecule is CN(CC(=O)Nc1cccc2ccccc12)C(=O)c1ccc(Cl)c(N2CCCC2=O)c1. The van der Waals surface area contributed by atoms with Gasteiger partial charge in [-0.15, -0.1) is 0 Å². The molecule has 0 aliphatic carbocycles. The van der Waals surface area contributed by atoms with Gasteiger partial charge in [0.15, 0.2) is 0 Å². The van der Waals surface area contributed by atoms with Crippen molar-refractivity contribution < 1.29 is 14.4 Å². The summed E-state index contributed by atoms with van der Waals surface area (Å²) in [7, 11) is 1.57. The summed E-state index contributed by atoms with van der Waals surface area (Å²) in [6.45, 7) is 0.474. The van der Waals surface area contributed by atoms with Crippen molar-refractivity contribution in [1.82, 2.24) is 4.90 Å². The topological polar surface area (TPSA) is 69.7 Å². The van der Waals surface area contributed by atoms with Gasteiger partial charge in [-0.1, -0.05) is 48.0 Å². The minimum absolute atomic E-state index is 0.00526. The molecular weight excluding hydrogens is 414 g/mol. The van der Waals surface area contributed by atoms with Crippen LogP contribution in [0.25, 0.3) is 10.8 Å². The van der Waals surface area contributed by atoms with E-state index in [1.807, 2.05) is 42.5 Å². The summed E-state index contributed by atoms with van der Waals surface area (Å²) in [5.74, 6) is -0.622. The fraction of sp³-hybridized carbons (Fsp3) is 0.208. The minimum atomic E-state index is -0.322. The number of nitrogens with zero attached hydrogens (tertiary/aromatic N) is 2. The normalized spacial score (nSPS) is 13.5. The monoisotopic (exact) mass is 435 g/mol. The predicted molar refractivity (Wildman–Crippen MR) is 123 cm³/mol. The van der Waals surface area contributed by atoms with Crippen LogP contribution in [0, 0.1) is 0 Å². The van der Waals surface area contributed by atoms with Gasteiger partial charge in [0.05, 0.1) is 17.3 Å². The lowest BCUT2D eigenvalue weighted by atomic mass is 10.1. The lowest BCUT2D eigenvalue weighted by Gasteiger charge is -2.21. The highest BCUT2D eigenvalue weighted by atomic mass is 35.5. The number of fused-ring (bicyclic) bond motifs is 1. The van der Waals surface area contributed by atoms with Crippen LogP contribution in [0.15, 0.2) is 60.7 Å². The summed E-state index contributed by atoms with van der Waals surface area (Å²) in [4.78, 5) is 40.5. The van der Waals surface area contributed by atoms with Crippen molar-refractivity contribution >= 4 is 51.5 Å². The number of hydrogen-bond donors (Lipinski definition) is 1. The Balaban J connectivity index is 1.47. The minimum Gasteiger partial charge on any atom is -0.332 e. The highest BCUT2D eigenvalue weighted by molar-refractivity contribution is 6.34. The van der Waals surface area contributed by atoms with Crippen molar-refractivity contribution in [1.29, 1.82) is 0 Å².